The van der Waals surface area contributed by atoms with E-state index in [1.54, 1.807) is 7.11 Å². The molecule has 3 aromatic rings. The molecule has 5 heteroatoms. The van der Waals surface area contributed by atoms with Crippen molar-refractivity contribution >= 4 is 16.9 Å². The molecule has 0 amide bonds. The summed E-state index contributed by atoms with van der Waals surface area (Å²) in [5, 5.41) is 10.9. The van der Waals surface area contributed by atoms with Crippen LogP contribution in [-0.2, 0) is 9.53 Å². The van der Waals surface area contributed by atoms with Crippen molar-refractivity contribution in [1.29, 1.82) is 0 Å². The van der Waals surface area contributed by atoms with Crippen LogP contribution < -0.4 is 4.74 Å². The van der Waals surface area contributed by atoms with Crippen molar-refractivity contribution in [2.75, 3.05) is 7.11 Å². The molecule has 0 saturated heterocycles. The van der Waals surface area contributed by atoms with Gasteiger partial charge in [0.25, 0.3) is 0 Å². The first-order valence-electron chi connectivity index (χ1n) is 8.88. The number of carbonyl (C=O) groups is 1. The molecule has 1 unspecified atom stereocenters. The van der Waals surface area contributed by atoms with Crippen LogP contribution in [0.15, 0.2) is 48.5 Å². The van der Waals surface area contributed by atoms with Gasteiger partial charge in [-0.15, -0.1) is 0 Å². The number of aliphatic carboxylic acids is 1. The Balaban J connectivity index is 2.30. The number of benzene rings is 2. The molecule has 0 saturated carbocycles. The zero-order valence-corrected chi connectivity index (χ0v) is 16.3. The van der Waals surface area contributed by atoms with Gasteiger partial charge in [-0.05, 0) is 63.6 Å². The third kappa shape index (κ3) is 3.69. The van der Waals surface area contributed by atoms with E-state index in [1.807, 2.05) is 80.8 Å². The van der Waals surface area contributed by atoms with E-state index in [9.17, 15) is 9.90 Å². The molecule has 1 atom stereocenters. The standard InChI is InChI=1S/C22H25NO4/c1-14-17-8-6-7-9-18(17)23(15-10-12-16(26-5)13-11-15)19(14)20(21(24)25)27-22(2,3)4/h6-13,20H,1-5H3,(H,24,25). The molecule has 1 N–H and O–H groups in total. The van der Waals surface area contributed by atoms with Gasteiger partial charge in [0.05, 0.1) is 23.9 Å². The van der Waals surface area contributed by atoms with Gasteiger partial charge in [0, 0.05) is 11.1 Å². The first kappa shape index (κ1) is 19.0. The normalized spacial score (nSPS) is 12.9. The summed E-state index contributed by atoms with van der Waals surface area (Å²) in [6.07, 6.45) is -1.08. The lowest BCUT2D eigenvalue weighted by atomic mass is 10.1. The molecule has 142 valence electrons. The van der Waals surface area contributed by atoms with Gasteiger partial charge in [-0.3, -0.25) is 0 Å². The Hall–Kier alpha value is -2.79. The van der Waals surface area contributed by atoms with E-state index in [2.05, 4.69) is 0 Å². The highest BCUT2D eigenvalue weighted by molar-refractivity contribution is 5.89. The number of nitrogens with zero attached hydrogens (tertiary/aromatic N) is 1. The number of rotatable bonds is 5. The molecule has 0 spiro atoms. The second-order valence-corrected chi connectivity index (χ2v) is 7.51. The molecule has 2 aromatic carbocycles. The van der Waals surface area contributed by atoms with Gasteiger partial charge in [0.15, 0.2) is 6.10 Å². The van der Waals surface area contributed by atoms with Crippen molar-refractivity contribution in [3.05, 3.63) is 59.8 Å². The van der Waals surface area contributed by atoms with Crippen LogP contribution in [-0.4, -0.2) is 28.4 Å². The molecule has 1 aromatic heterocycles. The van der Waals surface area contributed by atoms with Gasteiger partial charge in [0.1, 0.15) is 5.75 Å². The van der Waals surface area contributed by atoms with Crippen LogP contribution >= 0.6 is 0 Å². The first-order chi connectivity index (χ1) is 12.7. The molecule has 0 aliphatic rings. The minimum atomic E-state index is -1.08. The van der Waals surface area contributed by atoms with Crippen molar-refractivity contribution in [3.63, 3.8) is 0 Å². The Morgan fingerprint density at radius 1 is 1.07 bits per heavy atom. The highest BCUT2D eigenvalue weighted by Crippen LogP contribution is 2.36. The van der Waals surface area contributed by atoms with Crippen LogP contribution in [0.3, 0.4) is 0 Å². The number of hydrogen-bond donors (Lipinski definition) is 1. The number of methoxy groups -OCH3 is 1. The SMILES string of the molecule is COc1ccc(-n2c(C(OC(C)(C)C)C(=O)O)c(C)c3ccccc32)cc1. The Bertz CT molecular complexity index is 964. The minimum Gasteiger partial charge on any atom is -0.497 e. The molecule has 3 rings (SSSR count). The van der Waals surface area contributed by atoms with Crippen molar-refractivity contribution in [1.82, 2.24) is 4.57 Å². The molecule has 0 fully saturated rings. The number of hydrogen-bond acceptors (Lipinski definition) is 3. The zero-order chi connectivity index (χ0) is 19.8. The minimum absolute atomic E-state index is 0.601. The maximum atomic E-state index is 12.1. The predicted molar refractivity (Wildman–Crippen MR) is 106 cm³/mol. The summed E-state index contributed by atoms with van der Waals surface area (Å²) in [6.45, 7) is 7.52. The molecule has 1 heterocycles. The number of carboxylic acids is 1. The quantitative estimate of drug-likeness (QED) is 0.697. The Morgan fingerprint density at radius 2 is 1.70 bits per heavy atom. The topological polar surface area (TPSA) is 60.7 Å². The lowest BCUT2D eigenvalue weighted by Crippen LogP contribution is -2.29. The number of aromatic nitrogens is 1. The smallest absolute Gasteiger partial charge is 0.339 e. The third-order valence-electron chi connectivity index (χ3n) is 4.45. The number of carboxylic acid groups (broad SMARTS) is 1. The molecule has 0 radical (unpaired) electrons. The lowest BCUT2D eigenvalue weighted by Gasteiger charge is -2.26. The van der Waals surface area contributed by atoms with E-state index < -0.39 is 17.7 Å². The largest absolute Gasteiger partial charge is 0.497 e. The van der Waals surface area contributed by atoms with Gasteiger partial charge in [-0.2, -0.15) is 0 Å². The maximum absolute atomic E-state index is 12.1. The van der Waals surface area contributed by atoms with Crippen molar-refractivity contribution < 1.29 is 19.4 Å². The summed E-state index contributed by atoms with van der Waals surface area (Å²) in [5.41, 5.74) is 2.73. The van der Waals surface area contributed by atoms with Crippen LogP contribution in [0.25, 0.3) is 16.6 Å². The molecule has 0 bridgehead atoms. The lowest BCUT2D eigenvalue weighted by molar-refractivity contribution is -0.161. The zero-order valence-electron chi connectivity index (χ0n) is 16.3. The van der Waals surface area contributed by atoms with Crippen LogP contribution in [0.1, 0.15) is 38.1 Å². The fourth-order valence-electron chi connectivity index (χ4n) is 3.32. The summed E-state index contributed by atoms with van der Waals surface area (Å²) in [7, 11) is 1.62. The van der Waals surface area contributed by atoms with E-state index >= 15 is 0 Å². The van der Waals surface area contributed by atoms with Gasteiger partial charge >= 0.3 is 5.97 Å². The van der Waals surface area contributed by atoms with Crippen molar-refractivity contribution in [2.24, 2.45) is 0 Å². The molecule has 27 heavy (non-hydrogen) atoms. The first-order valence-corrected chi connectivity index (χ1v) is 8.88. The van der Waals surface area contributed by atoms with Crippen molar-refractivity contribution in [3.8, 4) is 11.4 Å². The predicted octanol–water partition coefficient (Wildman–Crippen LogP) is 4.89. The van der Waals surface area contributed by atoms with E-state index in [1.165, 1.54) is 0 Å². The van der Waals surface area contributed by atoms with Gasteiger partial charge in [-0.1, -0.05) is 18.2 Å². The van der Waals surface area contributed by atoms with Gasteiger partial charge in [-0.25, -0.2) is 4.79 Å². The number of ether oxygens (including phenoxy) is 2. The van der Waals surface area contributed by atoms with Crippen LogP contribution in [0.4, 0.5) is 0 Å². The summed E-state index contributed by atoms with van der Waals surface area (Å²) in [6, 6.07) is 15.5. The highest BCUT2D eigenvalue weighted by Gasteiger charge is 2.32. The second-order valence-electron chi connectivity index (χ2n) is 7.51. The summed E-state index contributed by atoms with van der Waals surface area (Å²) >= 11 is 0. The maximum Gasteiger partial charge on any atom is 0.339 e. The van der Waals surface area contributed by atoms with Gasteiger partial charge < -0.3 is 19.1 Å². The van der Waals surface area contributed by atoms with Crippen LogP contribution in [0, 0.1) is 6.92 Å². The fraction of sp³-hybridized carbons (Fsp3) is 0.318. The molecule has 0 aliphatic carbocycles. The Morgan fingerprint density at radius 3 is 2.26 bits per heavy atom. The average molecular weight is 367 g/mol. The van der Waals surface area contributed by atoms with Crippen LogP contribution in [0.2, 0.25) is 0 Å². The van der Waals surface area contributed by atoms with Gasteiger partial charge in [0.2, 0.25) is 0 Å². The third-order valence-corrected chi connectivity index (χ3v) is 4.45. The molecule has 0 aliphatic heterocycles. The van der Waals surface area contributed by atoms with Crippen molar-refractivity contribution in [2.45, 2.75) is 39.4 Å². The number of fused-ring (bicyclic) bond motifs is 1. The number of aryl methyl sites for hydroxylation is 1. The molecular weight excluding hydrogens is 342 g/mol. The summed E-state index contributed by atoms with van der Waals surface area (Å²) in [4.78, 5) is 12.1. The van der Waals surface area contributed by atoms with E-state index in [0.717, 1.165) is 27.9 Å². The van der Waals surface area contributed by atoms with E-state index in [-0.39, 0.29) is 0 Å². The Labute approximate surface area is 159 Å². The molecule has 5 nitrogen and oxygen atoms in total. The molecular formula is C22H25NO4. The second kappa shape index (κ2) is 7.08. The van der Waals surface area contributed by atoms with E-state index in [4.69, 9.17) is 9.47 Å². The summed E-state index contributed by atoms with van der Waals surface area (Å²) < 4.78 is 13.2. The van der Waals surface area contributed by atoms with Crippen LogP contribution in [0.5, 0.6) is 5.75 Å². The average Bonchev–Trinajstić information content (AvgIpc) is 2.92. The highest BCUT2D eigenvalue weighted by atomic mass is 16.5. The fourth-order valence-corrected chi connectivity index (χ4v) is 3.32. The van der Waals surface area contributed by atoms with E-state index in [0.29, 0.717) is 5.69 Å². The summed E-state index contributed by atoms with van der Waals surface area (Å²) in [5.74, 6) is -0.264. The number of para-hydroxylation sites is 1. The monoisotopic (exact) mass is 367 g/mol. The Kier molecular flexibility index (Phi) is 4.98.